The Kier molecular flexibility index (Phi) is 3.30. The molecule has 0 atom stereocenters. The molecule has 8 nitrogen and oxygen atoms in total. The van der Waals surface area contributed by atoms with Crippen molar-refractivity contribution in [2.75, 3.05) is 10.7 Å². The molecule has 0 saturated heterocycles. The lowest BCUT2D eigenvalue weighted by molar-refractivity contribution is 0.102. The molecule has 5 N–H and O–H groups in total. The topological polar surface area (TPSA) is 126 Å². The summed E-state index contributed by atoms with van der Waals surface area (Å²) < 4.78 is 0. The van der Waals surface area contributed by atoms with Gasteiger partial charge in [0.1, 0.15) is 0 Å². The van der Waals surface area contributed by atoms with Gasteiger partial charge in [-0.15, -0.1) is 0 Å². The number of pyridine rings is 1. The van der Waals surface area contributed by atoms with Gasteiger partial charge in [-0.05, 0) is 12.1 Å². The lowest BCUT2D eigenvalue weighted by Gasteiger charge is -2.07. The van der Waals surface area contributed by atoms with Crippen molar-refractivity contribution in [1.82, 2.24) is 15.2 Å². The fourth-order valence-corrected chi connectivity index (χ4v) is 1.31. The Hall–Kier alpha value is -2.74. The minimum Gasteiger partial charge on any atom is -0.322 e. The second-order valence-corrected chi connectivity index (χ2v) is 3.33. The van der Waals surface area contributed by atoms with E-state index in [0.29, 0.717) is 11.3 Å². The van der Waals surface area contributed by atoms with Gasteiger partial charge in [0, 0.05) is 12.3 Å². The predicted octanol–water partition coefficient (Wildman–Crippen LogP) is -0.297. The van der Waals surface area contributed by atoms with E-state index >= 15 is 0 Å². The molecule has 0 spiro atoms. The van der Waals surface area contributed by atoms with Crippen LogP contribution in [-0.4, -0.2) is 21.1 Å². The molecular weight excluding hydrogens is 236 g/mol. The largest absolute Gasteiger partial charge is 0.322 e. The average molecular weight is 246 g/mol. The van der Waals surface area contributed by atoms with E-state index in [1.54, 1.807) is 0 Å². The molecule has 2 aromatic heterocycles. The fourth-order valence-electron chi connectivity index (χ4n) is 1.31. The number of carbonyl (C=O) groups is 1. The number of aromatic amines is 1. The number of nitrogens with one attached hydrogen (secondary N) is 3. The summed E-state index contributed by atoms with van der Waals surface area (Å²) in [5.41, 5.74) is 2.73. The average Bonchev–Trinajstić information content (AvgIpc) is 2.41. The minimum absolute atomic E-state index is 0.236. The number of carbonyl (C=O) groups excluding carboxylic acids is 1. The smallest absolute Gasteiger partial charge is 0.264 e. The van der Waals surface area contributed by atoms with E-state index < -0.39 is 5.91 Å². The van der Waals surface area contributed by atoms with Crippen molar-refractivity contribution >= 4 is 17.4 Å². The standard InChI is InChI=1S/C10H10N6O2/c11-14-7-5-12-4-3-6(7)10(18)13-8-1-2-9(17)16-15-8/h1-5,14H,11H2,(H,16,17)(H,13,15,18). The summed E-state index contributed by atoms with van der Waals surface area (Å²) >= 11 is 0. The number of aromatic nitrogens is 3. The number of hydrogen-bond donors (Lipinski definition) is 4. The maximum absolute atomic E-state index is 11.9. The second kappa shape index (κ2) is 5.06. The van der Waals surface area contributed by atoms with Crippen LogP contribution in [0.3, 0.4) is 0 Å². The Morgan fingerprint density at radius 1 is 1.33 bits per heavy atom. The van der Waals surface area contributed by atoms with E-state index in [4.69, 9.17) is 5.84 Å². The SMILES string of the molecule is NNc1cnccc1C(=O)Nc1ccc(=O)[nH]n1. The Labute approximate surface area is 101 Å². The lowest BCUT2D eigenvalue weighted by Crippen LogP contribution is -2.19. The van der Waals surface area contributed by atoms with E-state index in [0.717, 1.165) is 0 Å². The molecule has 0 aliphatic rings. The quantitative estimate of drug-likeness (QED) is 0.435. The molecule has 0 aliphatic heterocycles. The van der Waals surface area contributed by atoms with Gasteiger partial charge in [-0.3, -0.25) is 20.4 Å². The zero-order valence-corrected chi connectivity index (χ0v) is 9.18. The van der Waals surface area contributed by atoms with Crippen LogP contribution in [0.15, 0.2) is 35.4 Å². The molecule has 92 valence electrons. The number of rotatable bonds is 3. The number of nitrogens with two attached hydrogens (primary N) is 1. The molecule has 0 unspecified atom stereocenters. The van der Waals surface area contributed by atoms with E-state index in [1.165, 1.54) is 30.6 Å². The van der Waals surface area contributed by atoms with Crippen LogP contribution in [0.1, 0.15) is 10.4 Å². The first kappa shape index (κ1) is 11.7. The maximum atomic E-state index is 11.9. The third-order valence-electron chi connectivity index (χ3n) is 2.14. The molecule has 18 heavy (non-hydrogen) atoms. The Morgan fingerprint density at radius 2 is 2.17 bits per heavy atom. The normalized spacial score (nSPS) is 9.83. The van der Waals surface area contributed by atoms with E-state index in [-0.39, 0.29) is 11.4 Å². The van der Waals surface area contributed by atoms with Crippen molar-refractivity contribution in [2.45, 2.75) is 0 Å². The van der Waals surface area contributed by atoms with Crippen molar-refractivity contribution in [3.63, 3.8) is 0 Å². The summed E-state index contributed by atoms with van der Waals surface area (Å²) in [5, 5.41) is 8.39. The summed E-state index contributed by atoms with van der Waals surface area (Å²) in [4.78, 5) is 26.6. The Bertz CT molecular complexity index is 603. The van der Waals surface area contributed by atoms with Gasteiger partial charge in [0.2, 0.25) is 0 Å². The minimum atomic E-state index is -0.412. The number of H-pyrrole nitrogens is 1. The summed E-state index contributed by atoms with van der Waals surface area (Å²) in [5.74, 6) is 5.09. The van der Waals surface area contributed by atoms with E-state index in [2.05, 4.69) is 25.9 Å². The highest BCUT2D eigenvalue weighted by molar-refractivity contribution is 6.07. The highest BCUT2D eigenvalue weighted by Crippen LogP contribution is 2.13. The van der Waals surface area contributed by atoms with Crippen molar-refractivity contribution in [2.24, 2.45) is 5.84 Å². The molecular formula is C10H10N6O2. The van der Waals surface area contributed by atoms with Crippen LogP contribution in [-0.2, 0) is 0 Å². The van der Waals surface area contributed by atoms with E-state index in [9.17, 15) is 9.59 Å². The van der Waals surface area contributed by atoms with Crippen molar-refractivity contribution < 1.29 is 4.79 Å². The first-order valence-corrected chi connectivity index (χ1v) is 4.98. The molecule has 2 rings (SSSR count). The number of hydrogen-bond acceptors (Lipinski definition) is 6. The lowest BCUT2D eigenvalue weighted by atomic mass is 10.2. The molecule has 0 aliphatic carbocycles. The molecule has 0 aromatic carbocycles. The first-order chi connectivity index (χ1) is 8.70. The van der Waals surface area contributed by atoms with E-state index in [1.807, 2.05) is 0 Å². The number of hydrazine groups is 1. The van der Waals surface area contributed by atoms with Gasteiger partial charge >= 0.3 is 0 Å². The fraction of sp³-hybridized carbons (Fsp3) is 0. The predicted molar refractivity (Wildman–Crippen MR) is 64.9 cm³/mol. The molecule has 0 saturated carbocycles. The van der Waals surface area contributed by atoms with Crippen molar-refractivity contribution in [3.05, 3.63) is 46.5 Å². The molecule has 1 amide bonds. The molecule has 0 fully saturated rings. The Morgan fingerprint density at radius 3 is 2.83 bits per heavy atom. The summed E-state index contributed by atoms with van der Waals surface area (Å²) in [6, 6.07) is 4.17. The summed E-state index contributed by atoms with van der Waals surface area (Å²) in [6.45, 7) is 0. The number of nitrogens with zero attached hydrogens (tertiary/aromatic N) is 2. The van der Waals surface area contributed by atoms with Crippen molar-refractivity contribution in [1.29, 1.82) is 0 Å². The third-order valence-corrected chi connectivity index (χ3v) is 2.14. The van der Waals surface area contributed by atoms with Gasteiger partial charge in [0.25, 0.3) is 11.5 Å². The number of nitrogen functional groups attached to an aromatic ring is 1. The summed E-state index contributed by atoms with van der Waals surface area (Å²) in [6.07, 6.45) is 2.89. The van der Waals surface area contributed by atoms with Crippen LogP contribution in [0.2, 0.25) is 0 Å². The molecule has 0 radical (unpaired) electrons. The van der Waals surface area contributed by atoms with Gasteiger partial charge < -0.3 is 10.7 Å². The van der Waals surface area contributed by atoms with Crippen LogP contribution >= 0.6 is 0 Å². The molecule has 8 heteroatoms. The van der Waals surface area contributed by atoms with Crippen LogP contribution in [0, 0.1) is 0 Å². The second-order valence-electron chi connectivity index (χ2n) is 3.33. The highest BCUT2D eigenvalue weighted by Gasteiger charge is 2.11. The zero-order valence-electron chi connectivity index (χ0n) is 9.18. The highest BCUT2D eigenvalue weighted by atomic mass is 16.2. The van der Waals surface area contributed by atoms with Crippen LogP contribution in [0.4, 0.5) is 11.5 Å². The number of amides is 1. The van der Waals surface area contributed by atoms with Gasteiger partial charge in [-0.2, -0.15) is 5.10 Å². The summed E-state index contributed by atoms with van der Waals surface area (Å²) in [7, 11) is 0. The Balaban J connectivity index is 2.21. The first-order valence-electron chi connectivity index (χ1n) is 4.98. The molecule has 2 heterocycles. The van der Waals surface area contributed by atoms with Gasteiger partial charge in [-0.25, -0.2) is 5.10 Å². The van der Waals surface area contributed by atoms with Gasteiger partial charge in [0.05, 0.1) is 17.4 Å². The van der Waals surface area contributed by atoms with Crippen LogP contribution in [0.5, 0.6) is 0 Å². The molecule has 0 bridgehead atoms. The van der Waals surface area contributed by atoms with Gasteiger partial charge in [0.15, 0.2) is 5.82 Å². The van der Waals surface area contributed by atoms with Crippen LogP contribution < -0.4 is 22.1 Å². The van der Waals surface area contributed by atoms with Crippen molar-refractivity contribution in [3.8, 4) is 0 Å². The number of anilines is 2. The van der Waals surface area contributed by atoms with Gasteiger partial charge in [-0.1, -0.05) is 0 Å². The third kappa shape index (κ3) is 2.50. The zero-order chi connectivity index (χ0) is 13.0. The molecule has 2 aromatic rings. The maximum Gasteiger partial charge on any atom is 0.264 e. The van der Waals surface area contributed by atoms with Crippen LogP contribution in [0.25, 0.3) is 0 Å². The monoisotopic (exact) mass is 246 g/mol.